The zero-order chi connectivity index (χ0) is 11.3. The third-order valence-electron chi connectivity index (χ3n) is 2.64. The lowest BCUT2D eigenvalue weighted by Gasteiger charge is -2.30. The number of carbonyl (C=O) groups excluding carboxylic acids is 2. The standard InChI is InChI=1S/C10H18N2O3/c1-3-11-10(14)12-6-4-8(5-7-12)9(13)15-2/h8H,3-7H2,1-2H3,(H,11,14). The summed E-state index contributed by atoms with van der Waals surface area (Å²) >= 11 is 0. The van der Waals surface area contributed by atoms with E-state index in [1.54, 1.807) is 4.90 Å². The van der Waals surface area contributed by atoms with E-state index in [0.29, 0.717) is 32.5 Å². The lowest BCUT2D eigenvalue weighted by Crippen LogP contribution is -2.45. The number of ether oxygens (including phenoxy) is 1. The minimum atomic E-state index is -0.162. The van der Waals surface area contributed by atoms with Gasteiger partial charge in [0.2, 0.25) is 0 Å². The lowest BCUT2D eigenvalue weighted by molar-refractivity contribution is -0.146. The highest BCUT2D eigenvalue weighted by Crippen LogP contribution is 2.18. The van der Waals surface area contributed by atoms with Crippen LogP contribution in [-0.2, 0) is 9.53 Å². The molecule has 0 aromatic heterocycles. The van der Waals surface area contributed by atoms with Crippen LogP contribution in [-0.4, -0.2) is 43.6 Å². The molecule has 1 saturated heterocycles. The van der Waals surface area contributed by atoms with E-state index in [-0.39, 0.29) is 17.9 Å². The Balaban J connectivity index is 2.35. The minimum Gasteiger partial charge on any atom is -0.469 e. The fourth-order valence-corrected chi connectivity index (χ4v) is 1.75. The number of methoxy groups -OCH3 is 1. The highest BCUT2D eigenvalue weighted by Gasteiger charge is 2.27. The topological polar surface area (TPSA) is 58.6 Å². The monoisotopic (exact) mass is 214 g/mol. The van der Waals surface area contributed by atoms with Crippen LogP contribution in [0.15, 0.2) is 0 Å². The van der Waals surface area contributed by atoms with Gasteiger partial charge in [0.05, 0.1) is 13.0 Å². The zero-order valence-electron chi connectivity index (χ0n) is 9.28. The summed E-state index contributed by atoms with van der Waals surface area (Å²) in [5.41, 5.74) is 0. The van der Waals surface area contributed by atoms with Crippen molar-refractivity contribution >= 4 is 12.0 Å². The molecule has 0 saturated carbocycles. The van der Waals surface area contributed by atoms with Gasteiger partial charge in [0.1, 0.15) is 0 Å². The number of hydrogen-bond acceptors (Lipinski definition) is 3. The van der Waals surface area contributed by atoms with Crippen molar-refractivity contribution in [3.63, 3.8) is 0 Å². The van der Waals surface area contributed by atoms with Gasteiger partial charge in [0.15, 0.2) is 0 Å². The van der Waals surface area contributed by atoms with Crippen molar-refractivity contribution in [2.75, 3.05) is 26.7 Å². The fraction of sp³-hybridized carbons (Fsp3) is 0.800. The van der Waals surface area contributed by atoms with E-state index in [1.165, 1.54) is 7.11 Å². The maximum absolute atomic E-state index is 11.4. The summed E-state index contributed by atoms with van der Waals surface area (Å²) in [6.07, 6.45) is 1.40. The van der Waals surface area contributed by atoms with E-state index >= 15 is 0 Å². The quantitative estimate of drug-likeness (QED) is 0.685. The maximum Gasteiger partial charge on any atom is 0.317 e. The molecule has 0 aromatic carbocycles. The van der Waals surface area contributed by atoms with Crippen LogP contribution in [0.2, 0.25) is 0 Å². The normalized spacial score (nSPS) is 17.3. The Morgan fingerprint density at radius 2 is 2.00 bits per heavy atom. The Morgan fingerprint density at radius 3 is 2.47 bits per heavy atom. The third kappa shape index (κ3) is 3.11. The predicted octanol–water partition coefficient (Wildman–Crippen LogP) is 0.601. The second-order valence-corrected chi connectivity index (χ2v) is 3.62. The number of esters is 1. The molecule has 0 spiro atoms. The molecule has 1 aliphatic heterocycles. The summed E-state index contributed by atoms with van der Waals surface area (Å²) in [4.78, 5) is 24.4. The largest absolute Gasteiger partial charge is 0.469 e. The van der Waals surface area contributed by atoms with Gasteiger partial charge >= 0.3 is 12.0 Å². The van der Waals surface area contributed by atoms with Crippen molar-refractivity contribution in [1.82, 2.24) is 10.2 Å². The number of rotatable bonds is 2. The minimum absolute atomic E-state index is 0.0409. The van der Waals surface area contributed by atoms with Gasteiger partial charge in [0, 0.05) is 19.6 Å². The number of piperidine rings is 1. The SMILES string of the molecule is CCNC(=O)N1CCC(C(=O)OC)CC1. The van der Waals surface area contributed by atoms with Crippen molar-refractivity contribution in [1.29, 1.82) is 0 Å². The summed E-state index contributed by atoms with van der Waals surface area (Å²) in [7, 11) is 1.40. The van der Waals surface area contributed by atoms with Crippen LogP contribution < -0.4 is 5.32 Å². The first-order valence-corrected chi connectivity index (χ1v) is 5.29. The molecule has 15 heavy (non-hydrogen) atoms. The molecular formula is C10H18N2O3. The van der Waals surface area contributed by atoms with Crippen LogP contribution >= 0.6 is 0 Å². The molecular weight excluding hydrogens is 196 g/mol. The lowest BCUT2D eigenvalue weighted by atomic mass is 9.97. The number of nitrogens with zero attached hydrogens (tertiary/aromatic N) is 1. The van der Waals surface area contributed by atoms with Crippen LogP contribution in [0.5, 0.6) is 0 Å². The molecule has 0 aliphatic carbocycles. The predicted molar refractivity (Wildman–Crippen MR) is 55.4 cm³/mol. The van der Waals surface area contributed by atoms with Crippen LogP contribution in [0, 0.1) is 5.92 Å². The molecule has 1 aliphatic rings. The van der Waals surface area contributed by atoms with Crippen LogP contribution in [0.1, 0.15) is 19.8 Å². The molecule has 0 unspecified atom stereocenters. The van der Waals surface area contributed by atoms with Crippen molar-refractivity contribution in [2.24, 2.45) is 5.92 Å². The van der Waals surface area contributed by atoms with Gasteiger partial charge in [-0.3, -0.25) is 4.79 Å². The van der Waals surface area contributed by atoms with Crippen LogP contribution in [0.4, 0.5) is 4.79 Å². The van der Waals surface area contributed by atoms with Gasteiger partial charge in [-0.2, -0.15) is 0 Å². The number of likely N-dealkylation sites (tertiary alicyclic amines) is 1. The number of urea groups is 1. The Bertz CT molecular complexity index is 235. The molecule has 5 nitrogen and oxygen atoms in total. The summed E-state index contributed by atoms with van der Waals surface area (Å²) in [5, 5.41) is 2.74. The maximum atomic E-state index is 11.4. The van der Waals surface area contributed by atoms with E-state index in [0.717, 1.165) is 0 Å². The summed E-state index contributed by atoms with van der Waals surface area (Å²) in [6, 6.07) is -0.0409. The highest BCUT2D eigenvalue weighted by atomic mass is 16.5. The number of hydrogen-bond donors (Lipinski definition) is 1. The summed E-state index contributed by atoms with van der Waals surface area (Å²) in [5.74, 6) is -0.203. The molecule has 1 rings (SSSR count). The van der Waals surface area contributed by atoms with Crippen LogP contribution in [0.3, 0.4) is 0 Å². The Labute approximate surface area is 89.8 Å². The van der Waals surface area contributed by atoms with Gasteiger partial charge in [-0.1, -0.05) is 0 Å². The first-order chi connectivity index (χ1) is 7.19. The molecule has 5 heteroatoms. The van der Waals surface area contributed by atoms with Gasteiger partial charge in [0.25, 0.3) is 0 Å². The van der Waals surface area contributed by atoms with E-state index < -0.39 is 0 Å². The number of carbonyl (C=O) groups is 2. The summed E-state index contributed by atoms with van der Waals surface area (Å²) < 4.78 is 4.67. The number of nitrogens with one attached hydrogen (secondary N) is 1. The molecule has 0 radical (unpaired) electrons. The average molecular weight is 214 g/mol. The molecule has 1 N–H and O–H groups in total. The first-order valence-electron chi connectivity index (χ1n) is 5.29. The molecule has 0 bridgehead atoms. The fourth-order valence-electron chi connectivity index (χ4n) is 1.75. The second kappa shape index (κ2) is 5.58. The molecule has 0 atom stereocenters. The Kier molecular flexibility index (Phi) is 4.39. The molecule has 1 fully saturated rings. The van der Waals surface area contributed by atoms with Crippen molar-refractivity contribution in [2.45, 2.75) is 19.8 Å². The molecule has 0 aromatic rings. The highest BCUT2D eigenvalue weighted by molar-refractivity contribution is 5.75. The van der Waals surface area contributed by atoms with Crippen molar-refractivity contribution < 1.29 is 14.3 Å². The molecule has 1 heterocycles. The van der Waals surface area contributed by atoms with Gasteiger partial charge in [-0.15, -0.1) is 0 Å². The second-order valence-electron chi connectivity index (χ2n) is 3.62. The smallest absolute Gasteiger partial charge is 0.317 e. The number of amides is 2. The van der Waals surface area contributed by atoms with Gasteiger partial charge in [-0.25, -0.2) is 4.79 Å². The zero-order valence-corrected chi connectivity index (χ0v) is 9.28. The molecule has 86 valence electrons. The third-order valence-corrected chi connectivity index (χ3v) is 2.64. The first kappa shape index (κ1) is 11.8. The summed E-state index contributed by atoms with van der Waals surface area (Å²) in [6.45, 7) is 3.78. The van der Waals surface area contributed by atoms with Gasteiger partial charge < -0.3 is 15.0 Å². The van der Waals surface area contributed by atoms with E-state index in [1.807, 2.05) is 6.92 Å². The van der Waals surface area contributed by atoms with Crippen molar-refractivity contribution in [3.05, 3.63) is 0 Å². The van der Waals surface area contributed by atoms with E-state index in [4.69, 9.17) is 0 Å². The average Bonchev–Trinajstić information content (AvgIpc) is 2.28. The van der Waals surface area contributed by atoms with E-state index in [2.05, 4.69) is 10.1 Å². The molecule has 2 amide bonds. The Morgan fingerprint density at radius 1 is 1.40 bits per heavy atom. The van der Waals surface area contributed by atoms with E-state index in [9.17, 15) is 9.59 Å². The van der Waals surface area contributed by atoms with Crippen molar-refractivity contribution in [3.8, 4) is 0 Å². The Hall–Kier alpha value is -1.26. The van der Waals surface area contributed by atoms with Crippen LogP contribution in [0.25, 0.3) is 0 Å². The van der Waals surface area contributed by atoms with Gasteiger partial charge in [-0.05, 0) is 19.8 Å².